The zero-order valence-electron chi connectivity index (χ0n) is 21.5. The van der Waals surface area contributed by atoms with Crippen LogP contribution in [0.2, 0.25) is 0 Å². The van der Waals surface area contributed by atoms with Gasteiger partial charge in [-0.05, 0) is 57.4 Å². The SMILES string of the molecule is Cc1ccccc1CN(C(=O)CCCN(c1ccc2c(c1)OCO2)S(C)(=O)=O)[C@H](C)C(=O)NC(C)C. The number of carbonyl (C=O) groups is 2. The first-order chi connectivity index (χ1) is 17.0. The van der Waals surface area contributed by atoms with Crippen molar-refractivity contribution in [2.45, 2.75) is 59.2 Å². The molecule has 0 aromatic heterocycles. The number of rotatable bonds is 11. The fraction of sp³-hybridized carbons (Fsp3) is 0.462. The van der Waals surface area contributed by atoms with E-state index in [0.29, 0.717) is 17.2 Å². The van der Waals surface area contributed by atoms with E-state index < -0.39 is 16.1 Å². The zero-order valence-corrected chi connectivity index (χ0v) is 22.3. The summed E-state index contributed by atoms with van der Waals surface area (Å²) >= 11 is 0. The maximum absolute atomic E-state index is 13.4. The summed E-state index contributed by atoms with van der Waals surface area (Å²) in [6.07, 6.45) is 1.49. The molecule has 2 amide bonds. The van der Waals surface area contributed by atoms with E-state index in [1.165, 1.54) is 4.31 Å². The fourth-order valence-electron chi connectivity index (χ4n) is 4.00. The molecule has 0 saturated heterocycles. The number of aryl methyl sites for hydroxylation is 1. The Morgan fingerprint density at radius 3 is 2.42 bits per heavy atom. The van der Waals surface area contributed by atoms with E-state index in [1.54, 1.807) is 30.0 Å². The van der Waals surface area contributed by atoms with Crippen molar-refractivity contribution >= 4 is 27.5 Å². The third-order valence-electron chi connectivity index (χ3n) is 6.00. The van der Waals surface area contributed by atoms with E-state index in [1.807, 2.05) is 45.0 Å². The molecule has 0 saturated carbocycles. The van der Waals surface area contributed by atoms with Crippen LogP contribution in [0.1, 0.15) is 44.7 Å². The quantitative estimate of drug-likeness (QED) is 0.491. The van der Waals surface area contributed by atoms with Crippen LogP contribution in [0.25, 0.3) is 0 Å². The van der Waals surface area contributed by atoms with Gasteiger partial charge in [-0.25, -0.2) is 8.42 Å². The van der Waals surface area contributed by atoms with Crippen LogP contribution < -0.4 is 19.1 Å². The molecule has 2 aromatic rings. The molecule has 1 N–H and O–H groups in total. The minimum Gasteiger partial charge on any atom is -0.454 e. The number of anilines is 1. The highest BCUT2D eigenvalue weighted by Gasteiger charge is 2.27. The largest absolute Gasteiger partial charge is 0.454 e. The number of fused-ring (bicyclic) bond motifs is 1. The minimum absolute atomic E-state index is 0.0552. The number of sulfonamides is 1. The Morgan fingerprint density at radius 1 is 1.06 bits per heavy atom. The summed E-state index contributed by atoms with van der Waals surface area (Å²) in [5.41, 5.74) is 2.42. The summed E-state index contributed by atoms with van der Waals surface area (Å²) < 4.78 is 37.0. The van der Waals surface area contributed by atoms with Crippen LogP contribution in [0.4, 0.5) is 5.69 Å². The molecule has 0 fully saturated rings. The second kappa shape index (κ2) is 11.6. The van der Waals surface area contributed by atoms with Gasteiger partial charge in [0.25, 0.3) is 0 Å². The maximum Gasteiger partial charge on any atom is 0.242 e. The van der Waals surface area contributed by atoms with Crippen LogP contribution in [0.5, 0.6) is 11.5 Å². The lowest BCUT2D eigenvalue weighted by Gasteiger charge is -2.30. The van der Waals surface area contributed by atoms with Gasteiger partial charge in [0, 0.05) is 31.6 Å². The van der Waals surface area contributed by atoms with Crippen molar-refractivity contribution in [1.29, 1.82) is 0 Å². The van der Waals surface area contributed by atoms with Gasteiger partial charge in [0.05, 0.1) is 11.9 Å². The Kier molecular flexibility index (Phi) is 8.84. The Labute approximate surface area is 213 Å². The van der Waals surface area contributed by atoms with Crippen LogP contribution in [0.3, 0.4) is 0 Å². The van der Waals surface area contributed by atoms with Gasteiger partial charge in [-0.2, -0.15) is 0 Å². The molecular formula is C26H35N3O6S. The Balaban J connectivity index is 1.74. The molecule has 10 heteroatoms. The molecule has 3 rings (SSSR count). The molecule has 9 nitrogen and oxygen atoms in total. The van der Waals surface area contributed by atoms with Gasteiger partial charge in [0.1, 0.15) is 6.04 Å². The topological polar surface area (TPSA) is 105 Å². The number of nitrogens with zero attached hydrogens (tertiary/aromatic N) is 2. The van der Waals surface area contributed by atoms with Crippen LogP contribution in [-0.4, -0.2) is 56.8 Å². The first-order valence-electron chi connectivity index (χ1n) is 12.0. The summed E-state index contributed by atoms with van der Waals surface area (Å²) in [6, 6.07) is 11.9. The number of carbonyl (C=O) groups excluding carboxylic acids is 2. The van der Waals surface area contributed by atoms with E-state index in [9.17, 15) is 18.0 Å². The maximum atomic E-state index is 13.4. The monoisotopic (exact) mass is 517 g/mol. The summed E-state index contributed by atoms with van der Waals surface area (Å²) in [7, 11) is -3.60. The van der Waals surface area contributed by atoms with Crippen LogP contribution in [-0.2, 0) is 26.2 Å². The molecule has 196 valence electrons. The van der Waals surface area contributed by atoms with Gasteiger partial charge >= 0.3 is 0 Å². The van der Waals surface area contributed by atoms with Crippen molar-refractivity contribution < 1.29 is 27.5 Å². The third-order valence-corrected chi connectivity index (χ3v) is 7.19. The first kappa shape index (κ1) is 27.3. The van der Waals surface area contributed by atoms with Gasteiger partial charge in [0.15, 0.2) is 11.5 Å². The average molecular weight is 518 g/mol. The van der Waals surface area contributed by atoms with Crippen molar-refractivity contribution in [3.05, 3.63) is 53.6 Å². The van der Waals surface area contributed by atoms with E-state index in [0.717, 1.165) is 17.4 Å². The smallest absolute Gasteiger partial charge is 0.242 e. The van der Waals surface area contributed by atoms with Crippen LogP contribution in [0.15, 0.2) is 42.5 Å². The van der Waals surface area contributed by atoms with Crippen LogP contribution >= 0.6 is 0 Å². The lowest BCUT2D eigenvalue weighted by molar-refractivity contribution is -0.140. The van der Waals surface area contributed by atoms with Crippen molar-refractivity contribution in [3.63, 3.8) is 0 Å². The predicted octanol–water partition coefficient (Wildman–Crippen LogP) is 3.21. The van der Waals surface area contributed by atoms with Crippen molar-refractivity contribution in [1.82, 2.24) is 10.2 Å². The first-order valence-corrected chi connectivity index (χ1v) is 13.8. The predicted molar refractivity (Wildman–Crippen MR) is 138 cm³/mol. The standard InChI is InChI=1S/C26H35N3O6S/c1-18(2)27-26(31)20(4)28(16-21-10-7-6-9-19(21)3)25(30)11-8-14-29(36(5,32)33)22-12-13-23-24(15-22)35-17-34-23/h6-7,9-10,12-13,15,18,20H,8,11,14,16-17H2,1-5H3,(H,27,31)/t20-/m1/s1. The van der Waals surface area contributed by atoms with Crippen molar-refractivity contribution in [2.75, 3.05) is 23.9 Å². The van der Waals surface area contributed by atoms with Gasteiger partial charge in [-0.15, -0.1) is 0 Å². The Hall–Kier alpha value is -3.27. The molecule has 2 aromatic carbocycles. The molecule has 36 heavy (non-hydrogen) atoms. The van der Waals surface area contributed by atoms with Gasteiger partial charge in [-0.1, -0.05) is 24.3 Å². The molecule has 1 heterocycles. The van der Waals surface area contributed by atoms with E-state index in [2.05, 4.69) is 5.32 Å². The molecule has 0 unspecified atom stereocenters. The minimum atomic E-state index is -3.60. The normalized spacial score (nSPS) is 13.4. The summed E-state index contributed by atoms with van der Waals surface area (Å²) in [5.74, 6) is 0.586. The molecule has 1 aliphatic heterocycles. The number of hydrogen-bond acceptors (Lipinski definition) is 6. The average Bonchev–Trinajstić information content (AvgIpc) is 3.27. The van der Waals surface area contributed by atoms with Crippen LogP contribution in [0, 0.1) is 6.92 Å². The number of amides is 2. The lowest BCUT2D eigenvalue weighted by atomic mass is 10.1. The summed E-state index contributed by atoms with van der Waals surface area (Å²) in [6.45, 7) is 7.90. The number of benzene rings is 2. The highest BCUT2D eigenvalue weighted by atomic mass is 32.2. The summed E-state index contributed by atoms with van der Waals surface area (Å²) in [4.78, 5) is 27.7. The van der Waals surface area contributed by atoms with Crippen molar-refractivity contribution in [3.8, 4) is 11.5 Å². The number of nitrogens with one attached hydrogen (secondary N) is 1. The summed E-state index contributed by atoms with van der Waals surface area (Å²) in [5, 5.41) is 2.87. The Morgan fingerprint density at radius 2 is 1.75 bits per heavy atom. The molecular weight excluding hydrogens is 482 g/mol. The van der Waals surface area contributed by atoms with E-state index in [-0.39, 0.29) is 50.6 Å². The highest BCUT2D eigenvalue weighted by Crippen LogP contribution is 2.36. The van der Waals surface area contributed by atoms with Gasteiger partial charge in [-0.3, -0.25) is 13.9 Å². The molecule has 0 bridgehead atoms. The van der Waals surface area contributed by atoms with E-state index in [4.69, 9.17) is 9.47 Å². The number of ether oxygens (including phenoxy) is 2. The van der Waals surface area contributed by atoms with Gasteiger partial charge < -0.3 is 19.7 Å². The third kappa shape index (κ3) is 6.90. The highest BCUT2D eigenvalue weighted by molar-refractivity contribution is 7.92. The zero-order chi connectivity index (χ0) is 26.5. The second-order valence-electron chi connectivity index (χ2n) is 9.26. The molecule has 1 atom stereocenters. The molecule has 0 spiro atoms. The van der Waals surface area contributed by atoms with Crippen molar-refractivity contribution in [2.24, 2.45) is 0 Å². The molecule has 1 aliphatic rings. The number of hydrogen-bond donors (Lipinski definition) is 1. The lowest BCUT2D eigenvalue weighted by Crippen LogP contribution is -2.49. The van der Waals surface area contributed by atoms with Gasteiger partial charge in [0.2, 0.25) is 28.6 Å². The molecule has 0 aliphatic carbocycles. The second-order valence-corrected chi connectivity index (χ2v) is 11.2. The Bertz CT molecular complexity index is 1200. The fourth-order valence-corrected chi connectivity index (χ4v) is 4.96. The molecule has 0 radical (unpaired) electrons. The van der Waals surface area contributed by atoms with E-state index >= 15 is 0 Å².